The third-order valence-corrected chi connectivity index (χ3v) is 0.795. The van der Waals surface area contributed by atoms with E-state index in [0.29, 0.717) is 6.73 Å². The van der Waals surface area contributed by atoms with Gasteiger partial charge in [-0.3, -0.25) is 0 Å². The second-order valence-corrected chi connectivity index (χ2v) is 1.45. The van der Waals surface area contributed by atoms with Crippen molar-refractivity contribution in [2.45, 2.75) is 6.92 Å². The van der Waals surface area contributed by atoms with E-state index < -0.39 is 0 Å². The van der Waals surface area contributed by atoms with Gasteiger partial charge in [-0.25, -0.2) is 6.04 Å². The zero-order valence-electron chi connectivity index (χ0n) is 4.53. The average molecular weight is 353 g/mol. The molecule has 7 heavy (non-hydrogen) atoms. The van der Waals surface area contributed by atoms with Crippen LogP contribution in [-0.4, -0.2) is 13.3 Å². The van der Waals surface area contributed by atoms with Gasteiger partial charge in [0.25, 0.3) is 0 Å². The fourth-order valence-electron chi connectivity index (χ4n) is 0.429. The van der Waals surface area contributed by atoms with Crippen molar-refractivity contribution >= 4 is 0 Å². The fourth-order valence-corrected chi connectivity index (χ4v) is 0.429. The van der Waals surface area contributed by atoms with Crippen molar-refractivity contribution in [3.05, 3.63) is 6.04 Å². The zero-order valence-corrected chi connectivity index (χ0v) is 10.9. The van der Waals surface area contributed by atoms with Crippen LogP contribution < -0.4 is 5.32 Å². The molecule has 0 aliphatic carbocycles. The van der Waals surface area contributed by atoms with Gasteiger partial charge >= 0.3 is 0 Å². The van der Waals surface area contributed by atoms with Crippen LogP contribution >= 0.6 is 0 Å². The van der Waals surface area contributed by atoms with E-state index in [2.05, 4.69) is 5.32 Å². The Morgan fingerprint density at radius 3 is 2.57 bits per heavy atom. The molecule has 1 N–H and O–H groups in total. The summed E-state index contributed by atoms with van der Waals surface area (Å²) in [6.45, 7) is 3.51. The van der Waals surface area contributed by atoms with Crippen molar-refractivity contribution in [2.24, 2.45) is 0 Å². The number of hydrogen-bond acceptors (Lipinski definition) is 2. The van der Waals surface area contributed by atoms with Crippen LogP contribution in [0.5, 0.6) is 0 Å². The maximum absolute atomic E-state index is 4.91. The summed E-state index contributed by atoms with van der Waals surface area (Å²) < 4.78 is 4.91. The molecule has 0 radical (unpaired) electrons. The quantitative estimate of drug-likeness (QED) is 0.625. The van der Waals surface area contributed by atoms with Gasteiger partial charge in [-0.15, -0.1) is 0 Å². The molecule has 1 fully saturated rings. The number of nitrogens with one attached hydrogen (secondary N) is 1. The smallest absolute Gasteiger partial charge is 0.0665 e. The standard InChI is InChI=1S/C4H8NO.Rf/c1-4-2-6-3-5-4;/h5H,2-3H2,1H3;/q-1;. The summed E-state index contributed by atoms with van der Waals surface area (Å²) >= 11 is 0. The van der Waals surface area contributed by atoms with Crippen LogP contribution in [0.2, 0.25) is 0 Å². The second-order valence-electron chi connectivity index (χ2n) is 1.45. The molecule has 3 heteroatoms. The Labute approximate surface area is 37.5 Å². The molecule has 1 aliphatic rings. The van der Waals surface area contributed by atoms with E-state index in [0.717, 1.165) is 6.61 Å². The first-order valence-corrected chi connectivity index (χ1v) is 2.03. The molecule has 0 aromatic carbocycles. The Balaban J connectivity index is 0.000000360. The van der Waals surface area contributed by atoms with Gasteiger partial charge in [0.1, 0.15) is 0 Å². The fraction of sp³-hybridized carbons (Fsp3) is 0.750. The van der Waals surface area contributed by atoms with Gasteiger partial charge in [0, 0.05) is 0 Å². The molecule has 38 valence electrons. The summed E-state index contributed by atoms with van der Waals surface area (Å²) in [7, 11) is 0. The van der Waals surface area contributed by atoms with Crippen LogP contribution in [0.1, 0.15) is 6.92 Å². The van der Waals surface area contributed by atoms with Gasteiger partial charge in [0.2, 0.25) is 0 Å². The topological polar surface area (TPSA) is 21.3 Å². The molecule has 2 nitrogen and oxygen atoms in total. The molecular formula is C4H8NORf-. The number of ether oxygens (including phenoxy) is 1. The van der Waals surface area contributed by atoms with E-state index >= 15 is 0 Å². The second kappa shape index (κ2) is 2.16. The first kappa shape index (κ1) is 5.92. The molecule has 0 unspecified atom stereocenters. The summed E-state index contributed by atoms with van der Waals surface area (Å²) in [4.78, 5) is 0. The first-order valence-electron chi connectivity index (χ1n) is 2.03. The Hall–Kier alpha value is -1.08. The summed E-state index contributed by atoms with van der Waals surface area (Å²) in [5.74, 6) is 0. The van der Waals surface area contributed by atoms with Crippen LogP contribution in [0.4, 0.5) is 0 Å². The minimum Gasteiger partial charge on any atom is -0.444 e. The van der Waals surface area contributed by atoms with E-state index in [-0.39, 0.29) is 0 Å². The van der Waals surface area contributed by atoms with Gasteiger partial charge in [0.05, 0.1) is 6.73 Å². The molecule has 0 aromatic rings. The zero-order chi connectivity index (χ0) is 4.41. The summed E-state index contributed by atoms with van der Waals surface area (Å²) in [5.41, 5.74) is 0. The minimum atomic E-state index is 0. The molecule has 1 aliphatic heterocycles. The summed E-state index contributed by atoms with van der Waals surface area (Å²) in [6, 6.07) is 1.23. The van der Waals surface area contributed by atoms with Gasteiger partial charge in [-0.1, -0.05) is 6.61 Å². The van der Waals surface area contributed by atoms with E-state index in [1.807, 2.05) is 6.92 Å². The molecule has 1 saturated heterocycles. The first-order chi connectivity index (χ1) is 2.89. The van der Waals surface area contributed by atoms with Crippen molar-refractivity contribution < 1.29 is 4.74 Å². The number of rotatable bonds is 0. The third-order valence-electron chi connectivity index (χ3n) is 0.795. The molecule has 0 saturated carbocycles. The summed E-state index contributed by atoms with van der Waals surface area (Å²) in [6.07, 6.45) is 0. The van der Waals surface area contributed by atoms with Crippen LogP contribution in [0.3, 0.4) is 0 Å². The molecule has 0 amide bonds. The Morgan fingerprint density at radius 1 is 1.71 bits per heavy atom. The van der Waals surface area contributed by atoms with Crippen molar-refractivity contribution in [2.75, 3.05) is 13.3 Å². The molecule has 0 atom stereocenters. The Bertz CT molecular complexity index is 45.0. The molecule has 1 heterocycles. The van der Waals surface area contributed by atoms with Gasteiger partial charge in [-0.2, -0.15) is 6.92 Å². The van der Waals surface area contributed by atoms with E-state index in [1.54, 1.807) is 0 Å². The maximum atomic E-state index is 4.91. The van der Waals surface area contributed by atoms with E-state index in [4.69, 9.17) is 4.74 Å². The third kappa shape index (κ3) is 1.20. The van der Waals surface area contributed by atoms with Crippen molar-refractivity contribution in [1.82, 2.24) is 5.32 Å². The van der Waals surface area contributed by atoms with Gasteiger partial charge in [-0.05, 0) is 0 Å². The molecular weight excluding hydrogens is 345 g/mol. The molecule has 0 spiro atoms. The van der Waals surface area contributed by atoms with Gasteiger partial charge in [0.15, 0.2) is 0 Å². The normalized spacial score (nSPS) is 21.9. The average Bonchev–Trinajstić information content (AvgIpc) is 1.86. The largest absolute Gasteiger partial charge is 0.444 e. The SMILES string of the molecule is C[C-]1COCN1.[Rf]. The molecule has 1 rings (SSSR count). The Morgan fingerprint density at radius 2 is 2.43 bits per heavy atom. The van der Waals surface area contributed by atoms with Crippen LogP contribution in [0.25, 0.3) is 0 Å². The molecule has 0 bridgehead atoms. The predicted molar refractivity (Wildman–Crippen MR) is 22.9 cm³/mol. The predicted octanol–water partition coefficient (Wildman–Crippen LogP) is 0.116. The summed E-state index contributed by atoms with van der Waals surface area (Å²) in [5, 5.41) is 3.01. The van der Waals surface area contributed by atoms with E-state index in [1.165, 1.54) is 6.04 Å². The minimum absolute atomic E-state index is 0. The van der Waals surface area contributed by atoms with Crippen molar-refractivity contribution in [1.29, 1.82) is 0 Å². The van der Waals surface area contributed by atoms with E-state index in [9.17, 15) is 0 Å². The maximum Gasteiger partial charge on any atom is 0.0665 e. The van der Waals surface area contributed by atoms with Crippen LogP contribution in [0, 0.1) is 6.04 Å². The van der Waals surface area contributed by atoms with Crippen molar-refractivity contribution in [3.63, 3.8) is 0 Å². The van der Waals surface area contributed by atoms with Gasteiger partial charge < -0.3 is 10.1 Å². The Kier molecular flexibility index (Phi) is 1.82. The monoisotopic (exact) mass is 353 g/mol. The molecule has 0 aromatic heterocycles. The van der Waals surface area contributed by atoms with Crippen LogP contribution in [0.15, 0.2) is 0 Å². The van der Waals surface area contributed by atoms with Crippen molar-refractivity contribution in [3.8, 4) is 0 Å². The van der Waals surface area contributed by atoms with Crippen LogP contribution in [-0.2, 0) is 4.74 Å². The number of hydrogen-bond donors (Lipinski definition) is 1.